The highest BCUT2D eigenvalue weighted by molar-refractivity contribution is 6.01. The number of carbonyl (C=O) groups excluding carboxylic acids is 1. The molecule has 4 rings (SSSR count). The van der Waals surface area contributed by atoms with Crippen molar-refractivity contribution in [2.24, 2.45) is 17.4 Å². The van der Waals surface area contributed by atoms with Gasteiger partial charge in [0.25, 0.3) is 0 Å². The number of anilines is 3. The summed E-state index contributed by atoms with van der Waals surface area (Å²) in [5.74, 6) is -1.18. The van der Waals surface area contributed by atoms with Crippen molar-refractivity contribution in [3.63, 3.8) is 0 Å². The Morgan fingerprint density at radius 2 is 2.12 bits per heavy atom. The Balaban J connectivity index is 1.85. The molecule has 0 aliphatic heterocycles. The van der Waals surface area contributed by atoms with Gasteiger partial charge in [0.05, 0.1) is 40.6 Å². The molecule has 1 aliphatic carbocycles. The smallest absolute Gasteiger partial charge is 0.250 e. The summed E-state index contributed by atoms with van der Waals surface area (Å²) in [5.41, 5.74) is 11.7. The molecule has 5 N–H and O–H groups in total. The van der Waals surface area contributed by atoms with Gasteiger partial charge in [0, 0.05) is 18.3 Å². The number of pyridine rings is 1. The van der Waals surface area contributed by atoms with Gasteiger partial charge in [-0.15, -0.1) is 5.10 Å². The minimum atomic E-state index is -0.946. The number of amides is 1. The predicted molar refractivity (Wildman–Crippen MR) is 120 cm³/mol. The Morgan fingerprint density at radius 3 is 2.76 bits per heavy atom. The number of aromatic nitrogens is 3. The standard InChI is InChI=1S/C22H26F3N7O/c1-12(26)17(8-13-2-3-13)29-16-4-5-18-19(21(24)30-31(18)7-6-23)20(16)32(25)15-9-14(22(27)33)10-28-11-15/h4-5,9-13,17,29H,2-3,6-8,26H2,1H3,(H2,27,33)/t12-,17+/m0/s1. The van der Waals surface area contributed by atoms with Crippen molar-refractivity contribution < 1.29 is 18.1 Å². The fourth-order valence-corrected chi connectivity index (χ4v) is 3.90. The van der Waals surface area contributed by atoms with Crippen LogP contribution in [0, 0.1) is 11.9 Å². The molecule has 1 saturated carbocycles. The van der Waals surface area contributed by atoms with Crippen LogP contribution in [0.4, 0.5) is 30.3 Å². The zero-order chi connectivity index (χ0) is 23.7. The topological polar surface area (TPSA) is 115 Å². The number of primary amides is 1. The molecular weight excluding hydrogens is 435 g/mol. The van der Waals surface area contributed by atoms with E-state index >= 15 is 4.48 Å². The Labute approximate surface area is 188 Å². The average Bonchev–Trinajstić information content (AvgIpc) is 3.56. The molecule has 0 spiro atoms. The van der Waals surface area contributed by atoms with E-state index in [1.165, 1.54) is 18.5 Å². The van der Waals surface area contributed by atoms with Crippen LogP contribution in [0.15, 0.2) is 30.6 Å². The van der Waals surface area contributed by atoms with E-state index in [1.807, 2.05) is 6.92 Å². The molecule has 1 aromatic carbocycles. The van der Waals surface area contributed by atoms with Crippen molar-refractivity contribution in [2.45, 2.75) is 44.8 Å². The molecule has 176 valence electrons. The molecule has 1 fully saturated rings. The van der Waals surface area contributed by atoms with E-state index in [2.05, 4.69) is 15.4 Å². The lowest BCUT2D eigenvalue weighted by Crippen LogP contribution is -2.38. The third-order valence-corrected chi connectivity index (χ3v) is 5.84. The minimum Gasteiger partial charge on any atom is -0.379 e. The summed E-state index contributed by atoms with van der Waals surface area (Å²) in [4.78, 5) is 15.4. The van der Waals surface area contributed by atoms with Crippen LogP contribution in [0.2, 0.25) is 0 Å². The maximum atomic E-state index is 15.9. The molecule has 2 atom stereocenters. The molecule has 2 heterocycles. The number of hydrogen-bond donors (Lipinski definition) is 3. The van der Waals surface area contributed by atoms with Gasteiger partial charge < -0.3 is 16.8 Å². The second-order valence-corrected chi connectivity index (χ2v) is 8.42. The average molecular weight is 461 g/mol. The van der Waals surface area contributed by atoms with Gasteiger partial charge in [-0.1, -0.05) is 17.3 Å². The van der Waals surface area contributed by atoms with Gasteiger partial charge in [0.2, 0.25) is 11.9 Å². The highest BCUT2D eigenvalue weighted by Crippen LogP contribution is 2.42. The number of benzene rings is 1. The molecule has 0 saturated heterocycles. The van der Waals surface area contributed by atoms with Crippen LogP contribution in [0.5, 0.6) is 0 Å². The minimum absolute atomic E-state index is 0.00683. The van der Waals surface area contributed by atoms with E-state index in [4.69, 9.17) is 11.5 Å². The van der Waals surface area contributed by atoms with Crippen LogP contribution in [-0.2, 0) is 6.54 Å². The first-order valence-electron chi connectivity index (χ1n) is 10.8. The molecule has 1 amide bonds. The molecule has 3 aromatic rings. The third-order valence-electron chi connectivity index (χ3n) is 5.84. The molecule has 1 aliphatic rings. The maximum Gasteiger partial charge on any atom is 0.250 e. The number of nitrogens with one attached hydrogen (secondary N) is 1. The molecule has 8 nitrogen and oxygen atoms in total. The maximum absolute atomic E-state index is 15.9. The number of halogens is 3. The van der Waals surface area contributed by atoms with E-state index in [0.29, 0.717) is 5.92 Å². The molecule has 0 radical (unpaired) electrons. The zero-order valence-electron chi connectivity index (χ0n) is 18.1. The molecule has 0 unspecified atom stereocenters. The number of fused-ring (bicyclic) bond motifs is 1. The van der Waals surface area contributed by atoms with Gasteiger partial charge in [0.15, 0.2) is 0 Å². The number of nitrogens with zero attached hydrogens (tertiary/aromatic N) is 4. The van der Waals surface area contributed by atoms with Crippen molar-refractivity contribution >= 4 is 33.9 Å². The lowest BCUT2D eigenvalue weighted by Gasteiger charge is -2.27. The molecule has 0 bridgehead atoms. The number of carbonyl (C=O) groups is 1. The number of nitrogens with two attached hydrogens (primary N) is 2. The van der Waals surface area contributed by atoms with E-state index < -0.39 is 18.5 Å². The number of aryl methyl sites for hydroxylation is 1. The van der Waals surface area contributed by atoms with E-state index in [-0.39, 0.29) is 57.3 Å². The molecule has 2 aromatic heterocycles. The van der Waals surface area contributed by atoms with Crippen molar-refractivity contribution in [3.05, 3.63) is 42.1 Å². The number of rotatable bonds is 10. The Kier molecular flexibility index (Phi) is 6.41. The summed E-state index contributed by atoms with van der Waals surface area (Å²) in [5, 5.41) is 7.12. The van der Waals surface area contributed by atoms with Crippen LogP contribution in [0.25, 0.3) is 10.9 Å². The van der Waals surface area contributed by atoms with E-state index in [9.17, 15) is 13.6 Å². The largest absolute Gasteiger partial charge is 0.379 e. The Morgan fingerprint density at radius 1 is 1.36 bits per heavy atom. The lowest BCUT2D eigenvalue weighted by atomic mass is 10.0. The summed E-state index contributed by atoms with van der Waals surface area (Å²) in [6.07, 6.45) is 5.42. The highest BCUT2D eigenvalue weighted by atomic mass is 19.2. The van der Waals surface area contributed by atoms with E-state index in [0.717, 1.165) is 23.9 Å². The number of hydrogen-bond acceptors (Lipinski definition) is 6. The lowest BCUT2D eigenvalue weighted by molar-refractivity contribution is 0.1000. The highest BCUT2D eigenvalue weighted by Gasteiger charge is 2.30. The monoisotopic (exact) mass is 461 g/mol. The van der Waals surface area contributed by atoms with Crippen molar-refractivity contribution in [1.82, 2.24) is 14.8 Å². The van der Waals surface area contributed by atoms with Gasteiger partial charge in [-0.2, -0.15) is 9.51 Å². The van der Waals surface area contributed by atoms with Gasteiger partial charge in [0.1, 0.15) is 12.4 Å². The van der Waals surface area contributed by atoms with Crippen molar-refractivity contribution in [1.29, 1.82) is 0 Å². The first kappa shape index (κ1) is 22.8. The molecular formula is C22H26F3N7O. The first-order valence-corrected chi connectivity index (χ1v) is 10.8. The summed E-state index contributed by atoms with van der Waals surface area (Å²) >= 11 is 0. The summed E-state index contributed by atoms with van der Waals surface area (Å²) in [7, 11) is 0. The SMILES string of the molecule is C[C@H](N)[C@@H](CC1CC1)Nc1ccc2c(c(F)nn2CCF)c1N(F)c1cncc(C(N)=O)c1. The van der Waals surface area contributed by atoms with Crippen molar-refractivity contribution in [3.8, 4) is 0 Å². The fourth-order valence-electron chi connectivity index (χ4n) is 3.90. The quantitative estimate of drug-likeness (QED) is 0.398. The predicted octanol–water partition coefficient (Wildman–Crippen LogP) is 3.59. The molecule has 11 heteroatoms. The fraction of sp³-hybridized carbons (Fsp3) is 0.409. The second kappa shape index (κ2) is 9.26. The Bertz CT molecular complexity index is 1160. The second-order valence-electron chi connectivity index (χ2n) is 8.42. The zero-order valence-corrected chi connectivity index (χ0v) is 18.1. The van der Waals surface area contributed by atoms with Crippen LogP contribution in [0.3, 0.4) is 0 Å². The van der Waals surface area contributed by atoms with Crippen LogP contribution in [0.1, 0.15) is 36.5 Å². The van der Waals surface area contributed by atoms with Crippen LogP contribution in [-0.4, -0.2) is 39.4 Å². The summed E-state index contributed by atoms with van der Waals surface area (Å²) < 4.78 is 45.0. The Hall–Kier alpha value is -3.34. The van der Waals surface area contributed by atoms with E-state index in [1.54, 1.807) is 12.1 Å². The van der Waals surface area contributed by atoms with Gasteiger partial charge in [-0.25, -0.2) is 4.39 Å². The first-order chi connectivity index (χ1) is 15.8. The van der Waals surface area contributed by atoms with Crippen molar-refractivity contribution in [2.75, 3.05) is 17.1 Å². The third kappa shape index (κ3) is 4.72. The van der Waals surface area contributed by atoms with Crippen LogP contribution < -0.4 is 21.9 Å². The van der Waals surface area contributed by atoms with Gasteiger partial charge in [-0.3, -0.25) is 14.5 Å². The van der Waals surface area contributed by atoms with Gasteiger partial charge in [-0.05, 0) is 37.5 Å². The summed E-state index contributed by atoms with van der Waals surface area (Å²) in [6, 6.07) is 3.94. The molecule has 33 heavy (non-hydrogen) atoms. The van der Waals surface area contributed by atoms with Gasteiger partial charge >= 0.3 is 0 Å². The summed E-state index contributed by atoms with van der Waals surface area (Å²) in [6.45, 7) is 0.914. The normalized spacial score (nSPS) is 15.4. The van der Waals surface area contributed by atoms with Crippen LogP contribution >= 0.6 is 0 Å². The number of alkyl halides is 1.